The molecule has 0 saturated heterocycles. The highest BCUT2D eigenvalue weighted by Gasteiger charge is 2.10. The van der Waals surface area contributed by atoms with Crippen LogP contribution in [0.25, 0.3) is 0 Å². The van der Waals surface area contributed by atoms with Gasteiger partial charge in [0.25, 0.3) is 0 Å². The summed E-state index contributed by atoms with van der Waals surface area (Å²) < 4.78 is 10.8. The summed E-state index contributed by atoms with van der Waals surface area (Å²) >= 11 is 0. The molecule has 0 bridgehead atoms. The van der Waals surface area contributed by atoms with Crippen molar-refractivity contribution in [2.75, 3.05) is 20.3 Å². The Labute approximate surface area is 93.9 Å². The molecular weight excluding hydrogens is 204 g/mol. The molecule has 0 unspecified atom stereocenters. The van der Waals surface area contributed by atoms with Crippen LogP contribution < -0.4 is 0 Å². The minimum Gasteiger partial charge on any atom is -0.414 e. The molecule has 0 aliphatic carbocycles. The number of hydrogen-bond acceptors (Lipinski definition) is 2. The van der Waals surface area contributed by atoms with E-state index in [9.17, 15) is 0 Å². The third kappa shape index (κ3) is 5.11. The zero-order valence-corrected chi connectivity index (χ0v) is 10.5. The van der Waals surface area contributed by atoms with Crippen LogP contribution >= 0.6 is 0 Å². The van der Waals surface area contributed by atoms with E-state index in [1.54, 1.807) is 7.11 Å². The molecule has 0 aromatic heterocycles. The molecule has 1 rings (SSSR count). The lowest BCUT2D eigenvalue weighted by Crippen LogP contribution is -2.22. The number of ether oxygens (including phenoxy) is 1. The normalized spacial score (nSPS) is 10.9. The van der Waals surface area contributed by atoms with Crippen LogP contribution in [0.15, 0.2) is 30.3 Å². The summed E-state index contributed by atoms with van der Waals surface area (Å²) in [7, 11) is 1.02. The lowest BCUT2D eigenvalue weighted by Gasteiger charge is -2.13. The minimum absolute atomic E-state index is 0.689. The monoisotopic (exact) mass is 223 g/mol. The van der Waals surface area contributed by atoms with Crippen LogP contribution in [-0.2, 0) is 15.2 Å². The van der Waals surface area contributed by atoms with Crippen LogP contribution in [-0.4, -0.2) is 29.4 Å². The van der Waals surface area contributed by atoms with Crippen molar-refractivity contribution in [3.63, 3.8) is 0 Å². The molecule has 0 saturated carbocycles. The van der Waals surface area contributed by atoms with E-state index in [4.69, 9.17) is 9.16 Å². The molecule has 0 aliphatic rings. The predicted octanol–water partition coefficient (Wildman–Crippen LogP) is 2.44. The molecule has 1 aromatic carbocycles. The quantitative estimate of drug-likeness (QED) is 0.522. The SMILES string of the molecule is CC[Si](Cc1ccccc1)OCCOC. The summed E-state index contributed by atoms with van der Waals surface area (Å²) in [6.45, 7) is 3.62. The van der Waals surface area contributed by atoms with Gasteiger partial charge in [-0.25, -0.2) is 0 Å². The summed E-state index contributed by atoms with van der Waals surface area (Å²) in [5.74, 6) is 0. The lowest BCUT2D eigenvalue weighted by molar-refractivity contribution is 0.145. The second-order valence-electron chi connectivity index (χ2n) is 3.40. The van der Waals surface area contributed by atoms with Gasteiger partial charge in [0.05, 0.1) is 13.2 Å². The summed E-state index contributed by atoms with van der Waals surface area (Å²) in [5, 5.41) is 0. The van der Waals surface area contributed by atoms with E-state index in [1.165, 1.54) is 5.56 Å². The van der Waals surface area contributed by atoms with E-state index < -0.39 is 9.04 Å². The zero-order valence-electron chi connectivity index (χ0n) is 9.53. The highest BCUT2D eigenvalue weighted by Crippen LogP contribution is 2.06. The number of methoxy groups -OCH3 is 1. The van der Waals surface area contributed by atoms with Gasteiger partial charge in [0.2, 0.25) is 9.04 Å². The highest BCUT2D eigenvalue weighted by atomic mass is 28.3. The second kappa shape index (κ2) is 7.62. The van der Waals surface area contributed by atoms with Gasteiger partial charge in [-0.2, -0.15) is 0 Å². The molecule has 0 atom stereocenters. The molecule has 3 heteroatoms. The standard InChI is InChI=1S/C12H19O2Si/c1-3-15(14-10-9-13-2)11-12-7-5-4-6-8-12/h4-8H,3,9-11H2,1-2H3. The van der Waals surface area contributed by atoms with Gasteiger partial charge in [-0.15, -0.1) is 0 Å². The van der Waals surface area contributed by atoms with E-state index >= 15 is 0 Å². The molecule has 1 aromatic rings. The first-order valence-corrected chi connectivity index (χ1v) is 7.19. The van der Waals surface area contributed by atoms with Gasteiger partial charge in [-0.1, -0.05) is 37.3 Å². The molecule has 2 nitrogen and oxygen atoms in total. The first-order chi connectivity index (χ1) is 7.36. The fourth-order valence-corrected chi connectivity index (χ4v) is 2.99. The smallest absolute Gasteiger partial charge is 0.215 e. The third-order valence-electron chi connectivity index (χ3n) is 2.23. The molecule has 1 radical (unpaired) electrons. The van der Waals surface area contributed by atoms with Crippen molar-refractivity contribution in [1.82, 2.24) is 0 Å². The lowest BCUT2D eigenvalue weighted by atomic mass is 10.2. The summed E-state index contributed by atoms with van der Waals surface area (Å²) in [5.41, 5.74) is 1.38. The summed E-state index contributed by atoms with van der Waals surface area (Å²) in [4.78, 5) is 0. The minimum atomic E-state index is -0.689. The molecule has 0 fully saturated rings. The van der Waals surface area contributed by atoms with Gasteiger partial charge < -0.3 is 9.16 Å². The van der Waals surface area contributed by atoms with E-state index in [-0.39, 0.29) is 0 Å². The Hall–Kier alpha value is -0.643. The van der Waals surface area contributed by atoms with Crippen molar-refractivity contribution < 1.29 is 9.16 Å². The van der Waals surface area contributed by atoms with Crippen LogP contribution in [0.3, 0.4) is 0 Å². The number of hydrogen-bond donors (Lipinski definition) is 0. The maximum atomic E-state index is 5.81. The largest absolute Gasteiger partial charge is 0.414 e. The van der Waals surface area contributed by atoms with Crippen LogP contribution in [0.4, 0.5) is 0 Å². The van der Waals surface area contributed by atoms with Crippen molar-refractivity contribution in [3.05, 3.63) is 35.9 Å². The van der Waals surface area contributed by atoms with Crippen molar-refractivity contribution in [2.24, 2.45) is 0 Å². The van der Waals surface area contributed by atoms with Crippen molar-refractivity contribution >= 4 is 9.04 Å². The fourth-order valence-electron chi connectivity index (χ4n) is 1.37. The Morgan fingerprint density at radius 3 is 2.47 bits per heavy atom. The van der Waals surface area contributed by atoms with Crippen LogP contribution in [0.2, 0.25) is 6.04 Å². The number of rotatable bonds is 7. The van der Waals surface area contributed by atoms with Crippen LogP contribution in [0, 0.1) is 0 Å². The summed E-state index contributed by atoms with van der Waals surface area (Å²) in [6.07, 6.45) is 0. The molecule has 15 heavy (non-hydrogen) atoms. The first-order valence-electron chi connectivity index (χ1n) is 5.37. The molecule has 0 aliphatic heterocycles. The van der Waals surface area contributed by atoms with Gasteiger partial charge in [-0.05, 0) is 17.7 Å². The average molecular weight is 223 g/mol. The van der Waals surface area contributed by atoms with E-state index in [1.807, 2.05) is 6.07 Å². The molecular formula is C12H19O2Si. The number of benzene rings is 1. The van der Waals surface area contributed by atoms with E-state index in [0.717, 1.165) is 18.7 Å². The average Bonchev–Trinajstić information content (AvgIpc) is 2.29. The van der Waals surface area contributed by atoms with Gasteiger partial charge in [0.1, 0.15) is 0 Å². The Morgan fingerprint density at radius 2 is 1.87 bits per heavy atom. The maximum Gasteiger partial charge on any atom is 0.215 e. The molecule has 0 spiro atoms. The third-order valence-corrected chi connectivity index (χ3v) is 4.44. The van der Waals surface area contributed by atoms with Crippen molar-refractivity contribution in [3.8, 4) is 0 Å². The van der Waals surface area contributed by atoms with Crippen LogP contribution in [0.1, 0.15) is 12.5 Å². The van der Waals surface area contributed by atoms with Crippen molar-refractivity contribution in [1.29, 1.82) is 0 Å². The van der Waals surface area contributed by atoms with Gasteiger partial charge in [0, 0.05) is 7.11 Å². The molecule has 83 valence electrons. The van der Waals surface area contributed by atoms with Gasteiger partial charge in [0.15, 0.2) is 0 Å². The zero-order chi connectivity index (χ0) is 10.9. The van der Waals surface area contributed by atoms with Gasteiger partial charge >= 0.3 is 0 Å². The highest BCUT2D eigenvalue weighted by molar-refractivity contribution is 6.51. The molecule has 0 heterocycles. The predicted molar refractivity (Wildman–Crippen MR) is 64.2 cm³/mol. The Kier molecular flexibility index (Phi) is 6.32. The first kappa shape index (κ1) is 12.4. The van der Waals surface area contributed by atoms with E-state index in [2.05, 4.69) is 31.2 Å². The maximum absolute atomic E-state index is 5.81. The molecule has 0 amide bonds. The Balaban J connectivity index is 2.33. The Bertz CT molecular complexity index is 251. The topological polar surface area (TPSA) is 18.5 Å². The fraction of sp³-hybridized carbons (Fsp3) is 0.500. The van der Waals surface area contributed by atoms with E-state index in [0.29, 0.717) is 6.61 Å². The Morgan fingerprint density at radius 1 is 1.13 bits per heavy atom. The molecule has 0 N–H and O–H groups in total. The van der Waals surface area contributed by atoms with Crippen LogP contribution in [0.5, 0.6) is 0 Å². The van der Waals surface area contributed by atoms with Gasteiger partial charge in [-0.3, -0.25) is 0 Å². The second-order valence-corrected chi connectivity index (χ2v) is 5.82. The van der Waals surface area contributed by atoms with Crippen molar-refractivity contribution in [2.45, 2.75) is 19.0 Å². The summed E-state index contributed by atoms with van der Waals surface area (Å²) in [6, 6.07) is 12.8.